The van der Waals surface area contributed by atoms with E-state index >= 15 is 0 Å². The molecule has 1 aromatic carbocycles. The van der Waals surface area contributed by atoms with Crippen LogP contribution in [0.2, 0.25) is 5.15 Å². The number of benzene rings is 1. The SMILES string of the molecule is COc1cc2ncnc(Cl)c2cc1OCCCC1CNCCO1. The normalized spacial score (nSPS) is 18.1. The quantitative estimate of drug-likeness (QED) is 0.645. The first-order valence-corrected chi connectivity index (χ1v) is 8.09. The Morgan fingerprint density at radius 1 is 1.35 bits per heavy atom. The average Bonchev–Trinajstić information content (AvgIpc) is 2.59. The van der Waals surface area contributed by atoms with Crippen LogP contribution < -0.4 is 14.8 Å². The van der Waals surface area contributed by atoms with E-state index < -0.39 is 0 Å². The number of hydrogen-bond acceptors (Lipinski definition) is 6. The number of nitrogens with zero attached hydrogens (tertiary/aromatic N) is 2. The van der Waals surface area contributed by atoms with Gasteiger partial charge in [0, 0.05) is 24.5 Å². The van der Waals surface area contributed by atoms with Crippen molar-refractivity contribution in [1.29, 1.82) is 0 Å². The minimum Gasteiger partial charge on any atom is -0.493 e. The molecule has 2 aromatic rings. The minimum absolute atomic E-state index is 0.272. The number of hydrogen-bond donors (Lipinski definition) is 1. The van der Waals surface area contributed by atoms with E-state index in [1.807, 2.05) is 12.1 Å². The molecule has 124 valence electrons. The van der Waals surface area contributed by atoms with Gasteiger partial charge in [-0.25, -0.2) is 9.97 Å². The molecular formula is C16H20ClN3O3. The van der Waals surface area contributed by atoms with Crippen LogP contribution in [0.4, 0.5) is 0 Å². The molecule has 3 rings (SSSR count). The molecule has 1 atom stereocenters. The highest BCUT2D eigenvalue weighted by Gasteiger charge is 2.14. The maximum atomic E-state index is 6.12. The fraction of sp³-hybridized carbons (Fsp3) is 0.500. The Morgan fingerprint density at radius 2 is 2.26 bits per heavy atom. The van der Waals surface area contributed by atoms with E-state index in [0.29, 0.717) is 23.3 Å². The molecule has 6 nitrogen and oxygen atoms in total. The van der Waals surface area contributed by atoms with Gasteiger partial charge < -0.3 is 19.5 Å². The molecular weight excluding hydrogens is 318 g/mol. The standard InChI is InChI=1S/C16H20ClN3O3/c1-21-14-8-13-12(16(17)20-10-19-13)7-15(14)23-5-2-3-11-9-18-4-6-22-11/h7-8,10-11,18H,2-6,9H2,1H3. The molecule has 0 bridgehead atoms. The third-order valence-corrected chi connectivity index (χ3v) is 4.11. The van der Waals surface area contributed by atoms with Crippen LogP contribution in [0.25, 0.3) is 10.9 Å². The smallest absolute Gasteiger partial charge is 0.162 e. The Bertz CT molecular complexity index is 662. The van der Waals surface area contributed by atoms with Crippen LogP contribution in [0.1, 0.15) is 12.8 Å². The predicted molar refractivity (Wildman–Crippen MR) is 88.4 cm³/mol. The van der Waals surface area contributed by atoms with Crippen LogP contribution in [0.3, 0.4) is 0 Å². The van der Waals surface area contributed by atoms with E-state index in [-0.39, 0.29) is 6.10 Å². The summed E-state index contributed by atoms with van der Waals surface area (Å²) in [7, 11) is 1.61. The number of ether oxygens (including phenoxy) is 3. The molecule has 1 aromatic heterocycles. The molecule has 1 saturated heterocycles. The van der Waals surface area contributed by atoms with Gasteiger partial charge >= 0.3 is 0 Å². The Kier molecular flexibility index (Phi) is 5.48. The van der Waals surface area contributed by atoms with Gasteiger partial charge in [0.2, 0.25) is 0 Å². The van der Waals surface area contributed by atoms with Gasteiger partial charge in [0.1, 0.15) is 11.5 Å². The molecule has 0 radical (unpaired) electrons. The Balaban J connectivity index is 1.63. The van der Waals surface area contributed by atoms with Gasteiger partial charge in [-0.05, 0) is 18.9 Å². The summed E-state index contributed by atoms with van der Waals surface area (Å²) in [5.74, 6) is 1.29. The molecule has 0 saturated carbocycles. The lowest BCUT2D eigenvalue weighted by Gasteiger charge is -2.23. The average molecular weight is 338 g/mol. The summed E-state index contributed by atoms with van der Waals surface area (Å²) in [6.07, 6.45) is 3.58. The number of rotatable bonds is 6. The first-order valence-electron chi connectivity index (χ1n) is 7.71. The maximum absolute atomic E-state index is 6.12. The Hall–Kier alpha value is -1.63. The van der Waals surface area contributed by atoms with Crippen molar-refractivity contribution in [3.8, 4) is 11.5 Å². The fourth-order valence-electron chi connectivity index (χ4n) is 2.60. The minimum atomic E-state index is 0.272. The number of halogens is 1. The van der Waals surface area contributed by atoms with E-state index in [1.54, 1.807) is 7.11 Å². The summed E-state index contributed by atoms with van der Waals surface area (Å²) < 4.78 is 16.9. The number of morpholine rings is 1. The molecule has 2 heterocycles. The van der Waals surface area contributed by atoms with Gasteiger partial charge in [0.05, 0.1) is 31.9 Å². The van der Waals surface area contributed by atoms with Gasteiger partial charge in [-0.1, -0.05) is 11.6 Å². The van der Waals surface area contributed by atoms with Crippen LogP contribution in [-0.2, 0) is 4.74 Å². The molecule has 0 spiro atoms. The molecule has 7 heteroatoms. The fourth-order valence-corrected chi connectivity index (χ4v) is 2.80. The highest BCUT2D eigenvalue weighted by Crippen LogP contribution is 2.33. The number of aromatic nitrogens is 2. The predicted octanol–water partition coefficient (Wildman–Crippen LogP) is 2.44. The van der Waals surface area contributed by atoms with Crippen LogP contribution in [0.5, 0.6) is 11.5 Å². The van der Waals surface area contributed by atoms with E-state index in [2.05, 4.69) is 15.3 Å². The largest absolute Gasteiger partial charge is 0.493 e. The van der Waals surface area contributed by atoms with Crippen molar-refractivity contribution in [1.82, 2.24) is 15.3 Å². The molecule has 0 amide bonds. The van der Waals surface area contributed by atoms with Gasteiger partial charge in [0.15, 0.2) is 11.5 Å². The highest BCUT2D eigenvalue weighted by atomic mass is 35.5. The highest BCUT2D eigenvalue weighted by molar-refractivity contribution is 6.34. The number of fused-ring (bicyclic) bond motifs is 1. The van der Waals surface area contributed by atoms with Crippen LogP contribution in [0, 0.1) is 0 Å². The molecule has 1 aliphatic heterocycles. The van der Waals surface area contributed by atoms with Crippen LogP contribution in [0.15, 0.2) is 18.5 Å². The van der Waals surface area contributed by atoms with Gasteiger partial charge in [-0.3, -0.25) is 0 Å². The van der Waals surface area contributed by atoms with Crippen LogP contribution in [-0.4, -0.2) is 49.5 Å². The zero-order valence-electron chi connectivity index (χ0n) is 13.0. The molecule has 1 fully saturated rings. The second kappa shape index (κ2) is 7.77. The topological polar surface area (TPSA) is 65.5 Å². The zero-order valence-corrected chi connectivity index (χ0v) is 13.8. The number of nitrogens with one attached hydrogen (secondary N) is 1. The maximum Gasteiger partial charge on any atom is 0.162 e. The second-order valence-electron chi connectivity index (χ2n) is 5.37. The summed E-state index contributed by atoms with van der Waals surface area (Å²) in [6.45, 7) is 3.21. The summed E-state index contributed by atoms with van der Waals surface area (Å²) in [5.41, 5.74) is 0.732. The number of methoxy groups -OCH3 is 1. The van der Waals surface area contributed by atoms with Crippen molar-refractivity contribution < 1.29 is 14.2 Å². The first-order chi connectivity index (χ1) is 11.3. The van der Waals surface area contributed by atoms with Crippen LogP contribution >= 0.6 is 11.6 Å². The summed E-state index contributed by atoms with van der Waals surface area (Å²) in [6, 6.07) is 3.64. The summed E-state index contributed by atoms with van der Waals surface area (Å²) >= 11 is 6.12. The summed E-state index contributed by atoms with van der Waals surface area (Å²) in [5, 5.41) is 4.48. The second-order valence-corrected chi connectivity index (χ2v) is 5.73. The first kappa shape index (κ1) is 16.2. The third kappa shape index (κ3) is 4.02. The van der Waals surface area contributed by atoms with E-state index in [1.165, 1.54) is 6.33 Å². The summed E-state index contributed by atoms with van der Waals surface area (Å²) in [4.78, 5) is 8.19. The van der Waals surface area contributed by atoms with Crippen molar-refractivity contribution in [2.24, 2.45) is 0 Å². The third-order valence-electron chi connectivity index (χ3n) is 3.80. The molecule has 1 unspecified atom stereocenters. The lowest BCUT2D eigenvalue weighted by molar-refractivity contribution is 0.0203. The van der Waals surface area contributed by atoms with Crippen molar-refractivity contribution in [3.05, 3.63) is 23.6 Å². The van der Waals surface area contributed by atoms with E-state index in [9.17, 15) is 0 Å². The monoisotopic (exact) mass is 337 g/mol. The Morgan fingerprint density at radius 3 is 3.04 bits per heavy atom. The van der Waals surface area contributed by atoms with Gasteiger partial charge in [0.25, 0.3) is 0 Å². The lowest BCUT2D eigenvalue weighted by Crippen LogP contribution is -2.38. The van der Waals surface area contributed by atoms with Crippen molar-refractivity contribution in [3.63, 3.8) is 0 Å². The zero-order chi connectivity index (χ0) is 16.1. The molecule has 0 aliphatic carbocycles. The van der Waals surface area contributed by atoms with Gasteiger partial charge in [-0.2, -0.15) is 0 Å². The van der Waals surface area contributed by atoms with Crippen molar-refractivity contribution >= 4 is 22.5 Å². The van der Waals surface area contributed by atoms with Crippen molar-refractivity contribution in [2.45, 2.75) is 18.9 Å². The van der Waals surface area contributed by atoms with Gasteiger partial charge in [-0.15, -0.1) is 0 Å². The van der Waals surface area contributed by atoms with Crippen molar-refractivity contribution in [2.75, 3.05) is 33.4 Å². The Labute approximate surface area is 140 Å². The van der Waals surface area contributed by atoms with E-state index in [0.717, 1.165) is 43.4 Å². The van der Waals surface area contributed by atoms with E-state index in [4.69, 9.17) is 25.8 Å². The molecule has 1 aliphatic rings. The lowest BCUT2D eigenvalue weighted by atomic mass is 10.2. The molecule has 1 N–H and O–H groups in total. The molecule has 23 heavy (non-hydrogen) atoms.